The first-order valence-electron chi connectivity index (χ1n) is 9.19. The predicted octanol–water partition coefficient (Wildman–Crippen LogP) is 4.48. The Morgan fingerprint density at radius 2 is 1.86 bits per heavy atom. The highest BCUT2D eigenvalue weighted by molar-refractivity contribution is 9.10. The summed E-state index contributed by atoms with van der Waals surface area (Å²) >= 11 is 3.43. The summed E-state index contributed by atoms with van der Waals surface area (Å²) in [6.07, 6.45) is 3.26. The molecular formula is C22H19BrN2O4. The highest BCUT2D eigenvalue weighted by Gasteiger charge is 2.45. The van der Waals surface area contributed by atoms with Crippen LogP contribution in [0.25, 0.3) is 0 Å². The van der Waals surface area contributed by atoms with Gasteiger partial charge < -0.3 is 19.8 Å². The number of carbonyl (C=O) groups is 2. The molecule has 0 unspecified atom stereocenters. The quantitative estimate of drug-likeness (QED) is 0.551. The molecule has 2 aromatic carbocycles. The fraction of sp³-hybridized carbons (Fsp3) is 0.182. The van der Waals surface area contributed by atoms with E-state index in [1.807, 2.05) is 24.3 Å². The summed E-state index contributed by atoms with van der Waals surface area (Å²) in [5.74, 6) is 0.176. The van der Waals surface area contributed by atoms with Gasteiger partial charge in [-0.3, -0.25) is 9.59 Å². The van der Waals surface area contributed by atoms with E-state index in [1.165, 1.54) is 6.26 Å². The minimum Gasteiger partial charge on any atom is -0.484 e. The first kappa shape index (κ1) is 19.3. The molecule has 7 heteroatoms. The van der Waals surface area contributed by atoms with Crippen molar-refractivity contribution >= 4 is 33.4 Å². The average Bonchev–Trinajstić information content (AvgIpc) is 3.27. The number of anilines is 1. The lowest BCUT2D eigenvalue weighted by Gasteiger charge is -2.18. The van der Waals surface area contributed by atoms with Crippen LogP contribution in [0.3, 0.4) is 0 Å². The first-order valence-corrected chi connectivity index (χ1v) is 9.98. The fourth-order valence-corrected chi connectivity index (χ4v) is 3.36. The van der Waals surface area contributed by atoms with Gasteiger partial charge >= 0.3 is 0 Å². The maximum Gasteiger partial charge on any atom is 0.291 e. The van der Waals surface area contributed by atoms with Gasteiger partial charge in [-0.25, -0.2) is 0 Å². The maximum atomic E-state index is 12.4. The van der Waals surface area contributed by atoms with Crippen LogP contribution in [0.1, 0.15) is 29.0 Å². The summed E-state index contributed by atoms with van der Waals surface area (Å²) in [7, 11) is 0. The van der Waals surface area contributed by atoms with E-state index in [0.717, 1.165) is 22.9 Å². The third kappa shape index (κ3) is 4.68. The molecule has 6 nitrogen and oxygen atoms in total. The molecule has 1 heterocycles. The summed E-state index contributed by atoms with van der Waals surface area (Å²) in [5.41, 5.74) is 1.36. The Labute approximate surface area is 176 Å². The molecule has 29 heavy (non-hydrogen) atoms. The monoisotopic (exact) mass is 454 g/mol. The Kier molecular flexibility index (Phi) is 5.40. The normalized spacial score (nSPS) is 14.1. The second-order valence-electron chi connectivity index (χ2n) is 6.89. The lowest BCUT2D eigenvalue weighted by atomic mass is 10.1. The molecule has 4 rings (SSSR count). The molecule has 1 saturated carbocycles. The molecule has 3 aromatic rings. The van der Waals surface area contributed by atoms with Crippen molar-refractivity contribution in [1.29, 1.82) is 0 Å². The molecule has 1 aliphatic rings. The van der Waals surface area contributed by atoms with E-state index in [0.29, 0.717) is 11.4 Å². The van der Waals surface area contributed by atoms with Gasteiger partial charge in [-0.2, -0.15) is 0 Å². The van der Waals surface area contributed by atoms with Gasteiger partial charge in [0.25, 0.3) is 11.8 Å². The molecular weight excluding hydrogens is 436 g/mol. The minimum atomic E-state index is -0.352. The number of hydrogen-bond donors (Lipinski definition) is 2. The van der Waals surface area contributed by atoms with Gasteiger partial charge in [0.2, 0.25) is 0 Å². The molecule has 148 valence electrons. The lowest BCUT2D eigenvalue weighted by Crippen LogP contribution is -2.38. The van der Waals surface area contributed by atoms with Crippen LogP contribution in [0, 0.1) is 0 Å². The third-order valence-electron chi connectivity index (χ3n) is 4.73. The molecule has 0 aliphatic heterocycles. The number of carbonyl (C=O) groups excluding carboxylic acids is 2. The van der Waals surface area contributed by atoms with Gasteiger partial charge in [0.15, 0.2) is 12.4 Å². The van der Waals surface area contributed by atoms with Crippen LogP contribution in [-0.2, 0) is 10.3 Å². The summed E-state index contributed by atoms with van der Waals surface area (Å²) in [5, 5.41) is 5.81. The number of amides is 2. The number of rotatable bonds is 7. The summed E-state index contributed by atoms with van der Waals surface area (Å²) < 4.78 is 11.7. The molecule has 2 N–H and O–H groups in total. The van der Waals surface area contributed by atoms with Crippen LogP contribution in [0.15, 0.2) is 75.8 Å². The van der Waals surface area contributed by atoms with E-state index in [4.69, 9.17) is 9.15 Å². The topological polar surface area (TPSA) is 80.6 Å². The Morgan fingerprint density at radius 3 is 2.55 bits per heavy atom. The highest BCUT2D eigenvalue weighted by Crippen LogP contribution is 2.45. The van der Waals surface area contributed by atoms with Crippen molar-refractivity contribution in [3.8, 4) is 5.75 Å². The van der Waals surface area contributed by atoms with Gasteiger partial charge in [-0.1, -0.05) is 34.1 Å². The molecule has 0 saturated heterocycles. The zero-order chi connectivity index (χ0) is 20.3. The van der Waals surface area contributed by atoms with Crippen molar-refractivity contribution in [1.82, 2.24) is 5.32 Å². The van der Waals surface area contributed by atoms with Crippen molar-refractivity contribution < 1.29 is 18.7 Å². The van der Waals surface area contributed by atoms with E-state index in [9.17, 15) is 9.59 Å². The fourth-order valence-electron chi connectivity index (χ4n) is 3.10. The molecule has 2 amide bonds. The first-order chi connectivity index (χ1) is 14.0. The van der Waals surface area contributed by atoms with Crippen LogP contribution >= 0.6 is 15.9 Å². The zero-order valence-corrected chi connectivity index (χ0v) is 17.1. The molecule has 1 fully saturated rings. The van der Waals surface area contributed by atoms with E-state index < -0.39 is 0 Å². The third-order valence-corrected chi connectivity index (χ3v) is 5.26. The minimum absolute atomic E-state index is 0.103. The zero-order valence-electron chi connectivity index (χ0n) is 15.5. The van der Waals surface area contributed by atoms with Gasteiger partial charge in [-0.15, -0.1) is 0 Å². The van der Waals surface area contributed by atoms with Crippen LogP contribution in [0.2, 0.25) is 0 Å². The summed E-state index contributed by atoms with van der Waals surface area (Å²) in [4.78, 5) is 24.5. The smallest absolute Gasteiger partial charge is 0.291 e. The number of nitrogens with one attached hydrogen (secondary N) is 2. The number of benzene rings is 2. The molecule has 1 aliphatic carbocycles. The summed E-state index contributed by atoms with van der Waals surface area (Å²) in [6, 6.07) is 18.1. The molecule has 0 atom stereocenters. The van der Waals surface area contributed by atoms with Crippen LogP contribution in [-0.4, -0.2) is 18.4 Å². The predicted molar refractivity (Wildman–Crippen MR) is 112 cm³/mol. The second kappa shape index (κ2) is 8.13. The van der Waals surface area contributed by atoms with Crippen LogP contribution in [0.4, 0.5) is 5.69 Å². The van der Waals surface area contributed by atoms with E-state index in [1.54, 1.807) is 36.4 Å². The number of furan rings is 1. The van der Waals surface area contributed by atoms with Crippen molar-refractivity contribution in [2.45, 2.75) is 18.4 Å². The second-order valence-corrected chi connectivity index (χ2v) is 7.80. The van der Waals surface area contributed by atoms with E-state index >= 15 is 0 Å². The number of ether oxygens (including phenoxy) is 1. The Bertz CT molecular complexity index is 1010. The average molecular weight is 455 g/mol. The van der Waals surface area contributed by atoms with Crippen molar-refractivity contribution in [3.63, 3.8) is 0 Å². The van der Waals surface area contributed by atoms with Crippen molar-refractivity contribution in [2.24, 2.45) is 0 Å². The van der Waals surface area contributed by atoms with Gasteiger partial charge in [0.05, 0.1) is 11.8 Å². The standard InChI is InChI=1S/C22H19BrN2O4/c23-16-8-6-15(7-9-16)22(10-11-22)25-20(26)14-29-18-4-1-3-17(13-18)24-21(27)19-5-2-12-28-19/h1-9,12-13H,10-11,14H2,(H,24,27)(H,25,26). The van der Waals surface area contributed by atoms with Gasteiger partial charge in [-0.05, 0) is 54.8 Å². The Hall–Kier alpha value is -3.06. The molecule has 0 spiro atoms. The molecule has 0 bridgehead atoms. The van der Waals surface area contributed by atoms with E-state index in [2.05, 4.69) is 26.6 Å². The van der Waals surface area contributed by atoms with E-state index in [-0.39, 0.29) is 29.7 Å². The number of halogens is 1. The molecule has 1 aromatic heterocycles. The molecule has 0 radical (unpaired) electrons. The largest absolute Gasteiger partial charge is 0.484 e. The number of hydrogen-bond acceptors (Lipinski definition) is 4. The Balaban J connectivity index is 1.32. The highest BCUT2D eigenvalue weighted by atomic mass is 79.9. The Morgan fingerprint density at radius 1 is 1.07 bits per heavy atom. The lowest BCUT2D eigenvalue weighted by molar-refractivity contribution is -0.124. The van der Waals surface area contributed by atoms with Crippen molar-refractivity contribution in [2.75, 3.05) is 11.9 Å². The van der Waals surface area contributed by atoms with Crippen LogP contribution in [0.5, 0.6) is 5.75 Å². The van der Waals surface area contributed by atoms with Crippen LogP contribution < -0.4 is 15.4 Å². The van der Waals surface area contributed by atoms with Gasteiger partial charge in [0.1, 0.15) is 5.75 Å². The SMILES string of the molecule is O=C(COc1cccc(NC(=O)c2ccco2)c1)NC1(c2ccc(Br)cc2)CC1. The maximum absolute atomic E-state index is 12.4. The van der Waals surface area contributed by atoms with Crippen molar-refractivity contribution in [3.05, 3.63) is 82.7 Å². The summed E-state index contributed by atoms with van der Waals surface area (Å²) in [6.45, 7) is -0.103. The van der Waals surface area contributed by atoms with Gasteiger partial charge in [0, 0.05) is 16.2 Å².